The second-order valence-electron chi connectivity index (χ2n) is 6.99. The first-order chi connectivity index (χ1) is 11.6. The Labute approximate surface area is 145 Å². The molecule has 2 aromatic rings. The number of hydrogen-bond donors (Lipinski definition) is 1. The van der Waals surface area contributed by atoms with Gasteiger partial charge >= 0.3 is 0 Å². The van der Waals surface area contributed by atoms with Gasteiger partial charge in [0.15, 0.2) is 0 Å². The van der Waals surface area contributed by atoms with E-state index >= 15 is 0 Å². The monoisotopic (exact) mass is 321 g/mol. The van der Waals surface area contributed by atoms with Gasteiger partial charge in [0.25, 0.3) is 5.91 Å². The van der Waals surface area contributed by atoms with Gasteiger partial charge in [0.05, 0.1) is 6.04 Å². The zero-order valence-corrected chi connectivity index (χ0v) is 15.0. The third kappa shape index (κ3) is 3.53. The Balaban J connectivity index is 1.80. The van der Waals surface area contributed by atoms with Crippen LogP contribution in [0.5, 0.6) is 0 Å². The van der Waals surface area contributed by atoms with Crippen LogP contribution in [0.15, 0.2) is 36.4 Å². The first-order valence-corrected chi connectivity index (χ1v) is 9.08. The molecule has 1 amide bonds. The van der Waals surface area contributed by atoms with Crippen molar-refractivity contribution < 1.29 is 4.79 Å². The fraction of sp³-hybridized carbons (Fsp3) is 0.409. The summed E-state index contributed by atoms with van der Waals surface area (Å²) in [5, 5.41) is 3.23. The summed E-state index contributed by atoms with van der Waals surface area (Å²) in [5.41, 5.74) is 7.19. The summed E-state index contributed by atoms with van der Waals surface area (Å²) in [4.78, 5) is 12.7. The topological polar surface area (TPSA) is 29.1 Å². The first kappa shape index (κ1) is 16.8. The number of benzene rings is 2. The highest BCUT2D eigenvalue weighted by Crippen LogP contribution is 2.26. The zero-order valence-electron chi connectivity index (χ0n) is 15.0. The van der Waals surface area contributed by atoms with Gasteiger partial charge < -0.3 is 5.32 Å². The van der Waals surface area contributed by atoms with Gasteiger partial charge in [-0.3, -0.25) is 4.79 Å². The molecule has 1 aliphatic rings. The van der Waals surface area contributed by atoms with E-state index in [1.165, 1.54) is 47.9 Å². The minimum absolute atomic E-state index is 0.0251. The Bertz CT molecular complexity index is 748. The predicted octanol–water partition coefficient (Wildman–Crippen LogP) is 5.06. The summed E-state index contributed by atoms with van der Waals surface area (Å²) >= 11 is 0. The minimum Gasteiger partial charge on any atom is -0.345 e. The van der Waals surface area contributed by atoms with E-state index in [1.54, 1.807) is 0 Å². The molecule has 2 heteroatoms. The van der Waals surface area contributed by atoms with Crippen molar-refractivity contribution in [1.82, 2.24) is 5.32 Å². The van der Waals surface area contributed by atoms with Gasteiger partial charge in [-0.2, -0.15) is 0 Å². The molecule has 1 N–H and O–H groups in total. The molecule has 126 valence electrons. The second kappa shape index (κ2) is 7.21. The molecule has 2 nitrogen and oxygen atoms in total. The quantitative estimate of drug-likeness (QED) is 0.837. The highest BCUT2D eigenvalue weighted by Gasteiger charge is 2.17. The largest absolute Gasteiger partial charge is 0.345 e. The van der Waals surface area contributed by atoms with Crippen molar-refractivity contribution in [3.8, 4) is 0 Å². The number of nitrogens with one attached hydrogen (secondary N) is 1. The molecule has 0 radical (unpaired) electrons. The maximum absolute atomic E-state index is 12.7. The molecule has 0 heterocycles. The normalized spacial score (nSPS) is 14.8. The number of amides is 1. The van der Waals surface area contributed by atoms with E-state index in [-0.39, 0.29) is 11.9 Å². The van der Waals surface area contributed by atoms with Crippen LogP contribution in [0, 0.1) is 13.8 Å². The molecule has 1 aliphatic carbocycles. The molecule has 0 fully saturated rings. The Morgan fingerprint density at radius 2 is 1.79 bits per heavy atom. The average Bonchev–Trinajstić information content (AvgIpc) is 2.59. The van der Waals surface area contributed by atoms with Crippen molar-refractivity contribution in [2.75, 3.05) is 0 Å². The minimum atomic E-state index is 0.0251. The smallest absolute Gasteiger partial charge is 0.252 e. The van der Waals surface area contributed by atoms with Crippen LogP contribution in [-0.2, 0) is 12.8 Å². The zero-order chi connectivity index (χ0) is 17.1. The van der Waals surface area contributed by atoms with E-state index in [0.29, 0.717) is 0 Å². The van der Waals surface area contributed by atoms with Crippen LogP contribution in [0.1, 0.15) is 70.4 Å². The highest BCUT2D eigenvalue weighted by atomic mass is 16.1. The fourth-order valence-corrected chi connectivity index (χ4v) is 3.70. The lowest BCUT2D eigenvalue weighted by atomic mass is 9.88. The third-order valence-electron chi connectivity index (χ3n) is 5.12. The molecule has 0 bridgehead atoms. The summed E-state index contributed by atoms with van der Waals surface area (Å²) in [7, 11) is 0. The van der Waals surface area contributed by atoms with Gasteiger partial charge in [-0.1, -0.05) is 42.8 Å². The van der Waals surface area contributed by atoms with E-state index in [0.717, 1.165) is 17.5 Å². The molecule has 0 spiro atoms. The van der Waals surface area contributed by atoms with Gasteiger partial charge in [-0.25, -0.2) is 0 Å². The van der Waals surface area contributed by atoms with Crippen LogP contribution in [0.4, 0.5) is 0 Å². The van der Waals surface area contributed by atoms with Gasteiger partial charge in [0.1, 0.15) is 0 Å². The summed E-state index contributed by atoms with van der Waals surface area (Å²) in [5.74, 6) is 0.0251. The Kier molecular flexibility index (Phi) is 5.03. The molecule has 0 saturated carbocycles. The molecule has 2 aromatic carbocycles. The van der Waals surface area contributed by atoms with Crippen molar-refractivity contribution >= 4 is 5.91 Å². The van der Waals surface area contributed by atoms with Crippen LogP contribution < -0.4 is 5.32 Å². The standard InChI is InChI=1S/C22H27NO/c1-4-21(19-11-10-17-7-5-6-8-18(17)14-19)23-22(24)20-12-9-15(2)13-16(20)3/h9-14,21H,4-8H2,1-3H3,(H,23,24)/t21-/m1/s1. The Morgan fingerprint density at radius 3 is 2.50 bits per heavy atom. The number of rotatable bonds is 4. The molecule has 1 atom stereocenters. The molecule has 0 unspecified atom stereocenters. The summed E-state index contributed by atoms with van der Waals surface area (Å²) in [6.07, 6.45) is 5.84. The number of fused-ring (bicyclic) bond motifs is 1. The molecular formula is C22H27NO. The summed E-state index contributed by atoms with van der Waals surface area (Å²) < 4.78 is 0. The first-order valence-electron chi connectivity index (χ1n) is 9.08. The van der Waals surface area contributed by atoms with E-state index in [4.69, 9.17) is 0 Å². The van der Waals surface area contributed by atoms with Gasteiger partial charge in [-0.05, 0) is 74.3 Å². The van der Waals surface area contributed by atoms with Crippen LogP contribution in [0.25, 0.3) is 0 Å². The number of carbonyl (C=O) groups excluding carboxylic acids is 1. The predicted molar refractivity (Wildman–Crippen MR) is 99.5 cm³/mol. The van der Waals surface area contributed by atoms with E-state index in [2.05, 4.69) is 43.4 Å². The van der Waals surface area contributed by atoms with Gasteiger partial charge in [0, 0.05) is 5.56 Å². The maximum atomic E-state index is 12.7. The lowest BCUT2D eigenvalue weighted by Crippen LogP contribution is -2.29. The number of carbonyl (C=O) groups is 1. The third-order valence-corrected chi connectivity index (χ3v) is 5.12. The molecule has 0 saturated heterocycles. The van der Waals surface area contributed by atoms with Crippen LogP contribution in [-0.4, -0.2) is 5.91 Å². The summed E-state index contributed by atoms with van der Waals surface area (Å²) in [6, 6.07) is 12.8. The van der Waals surface area contributed by atoms with Crippen molar-refractivity contribution in [3.63, 3.8) is 0 Å². The lowest BCUT2D eigenvalue weighted by Gasteiger charge is -2.22. The highest BCUT2D eigenvalue weighted by molar-refractivity contribution is 5.95. The fourth-order valence-electron chi connectivity index (χ4n) is 3.70. The van der Waals surface area contributed by atoms with Crippen LogP contribution in [0.2, 0.25) is 0 Å². The van der Waals surface area contributed by atoms with Gasteiger partial charge in [-0.15, -0.1) is 0 Å². The van der Waals surface area contributed by atoms with Crippen molar-refractivity contribution in [1.29, 1.82) is 0 Å². The van der Waals surface area contributed by atoms with Crippen molar-refractivity contribution in [3.05, 3.63) is 69.8 Å². The Hall–Kier alpha value is -2.09. The molecule has 3 rings (SSSR count). The number of aryl methyl sites for hydroxylation is 4. The van der Waals surface area contributed by atoms with E-state index < -0.39 is 0 Å². The molecule has 0 aliphatic heterocycles. The van der Waals surface area contributed by atoms with Crippen molar-refractivity contribution in [2.24, 2.45) is 0 Å². The van der Waals surface area contributed by atoms with Crippen LogP contribution in [0.3, 0.4) is 0 Å². The lowest BCUT2D eigenvalue weighted by molar-refractivity contribution is 0.0935. The summed E-state index contributed by atoms with van der Waals surface area (Å²) in [6.45, 7) is 6.19. The van der Waals surface area contributed by atoms with Gasteiger partial charge in [0.2, 0.25) is 0 Å². The molecular weight excluding hydrogens is 294 g/mol. The Morgan fingerprint density at radius 1 is 1.04 bits per heavy atom. The van der Waals surface area contributed by atoms with Crippen LogP contribution >= 0.6 is 0 Å². The second-order valence-corrected chi connectivity index (χ2v) is 6.99. The molecule has 24 heavy (non-hydrogen) atoms. The maximum Gasteiger partial charge on any atom is 0.252 e. The number of hydrogen-bond acceptors (Lipinski definition) is 1. The van der Waals surface area contributed by atoms with Crippen molar-refractivity contribution in [2.45, 2.75) is 58.9 Å². The van der Waals surface area contributed by atoms with E-state index in [1.807, 2.05) is 19.1 Å². The average molecular weight is 321 g/mol. The molecule has 0 aromatic heterocycles. The van der Waals surface area contributed by atoms with E-state index in [9.17, 15) is 4.79 Å². The SMILES string of the molecule is CC[C@@H](NC(=O)c1ccc(C)cc1C)c1ccc2c(c1)CCCC2.